The van der Waals surface area contributed by atoms with E-state index in [-0.39, 0.29) is 12.7 Å². The molecular weight excluding hydrogens is 339 g/mol. The van der Waals surface area contributed by atoms with Crippen molar-refractivity contribution in [3.05, 3.63) is 60.2 Å². The van der Waals surface area contributed by atoms with Crippen molar-refractivity contribution in [3.8, 4) is 11.1 Å². The standard InChI is InChI=1S/C18H21N2O4P/c21-18(19-22)13-20-11-4-12-24-25(20,23)14-15-7-9-17(10-8-15)16-5-2-1-3-6-16/h1-3,5-10,22H,4,11-14H2,(H,19,21). The predicted octanol–water partition coefficient (Wildman–Crippen LogP) is 3.27. The molecule has 1 atom stereocenters. The lowest BCUT2D eigenvalue weighted by Gasteiger charge is -2.34. The molecule has 7 heteroatoms. The van der Waals surface area contributed by atoms with Crippen molar-refractivity contribution < 1.29 is 19.1 Å². The number of hydrogen-bond donors (Lipinski definition) is 2. The lowest BCUT2D eigenvalue weighted by molar-refractivity contribution is -0.129. The van der Waals surface area contributed by atoms with Gasteiger partial charge in [-0.15, -0.1) is 0 Å². The van der Waals surface area contributed by atoms with Gasteiger partial charge in [0.15, 0.2) is 0 Å². The molecule has 132 valence electrons. The van der Waals surface area contributed by atoms with Gasteiger partial charge in [-0.05, 0) is 23.1 Å². The maximum absolute atomic E-state index is 13.2. The van der Waals surface area contributed by atoms with Gasteiger partial charge in [-0.2, -0.15) is 0 Å². The smallest absolute Gasteiger partial charge is 0.277 e. The van der Waals surface area contributed by atoms with E-state index in [0.29, 0.717) is 19.6 Å². The maximum Gasteiger partial charge on any atom is 0.277 e. The monoisotopic (exact) mass is 360 g/mol. The summed E-state index contributed by atoms with van der Waals surface area (Å²) in [7, 11) is -3.14. The highest BCUT2D eigenvalue weighted by molar-refractivity contribution is 7.55. The number of hydrogen-bond acceptors (Lipinski definition) is 4. The fourth-order valence-electron chi connectivity index (χ4n) is 2.89. The summed E-state index contributed by atoms with van der Waals surface area (Å²) in [6, 6.07) is 17.9. The first-order chi connectivity index (χ1) is 12.1. The number of rotatable bonds is 5. The first-order valence-corrected chi connectivity index (χ1v) is 9.93. The minimum Gasteiger partial charge on any atom is -0.317 e. The van der Waals surface area contributed by atoms with Gasteiger partial charge in [0.25, 0.3) is 13.4 Å². The Balaban J connectivity index is 1.75. The van der Waals surface area contributed by atoms with E-state index in [0.717, 1.165) is 16.7 Å². The molecule has 0 saturated carbocycles. The fraction of sp³-hybridized carbons (Fsp3) is 0.278. The lowest BCUT2D eigenvalue weighted by atomic mass is 10.0. The van der Waals surface area contributed by atoms with Crippen LogP contribution in [0.5, 0.6) is 0 Å². The van der Waals surface area contributed by atoms with Crippen molar-refractivity contribution in [1.82, 2.24) is 10.2 Å². The Morgan fingerprint density at radius 1 is 1.12 bits per heavy atom. The third-order valence-electron chi connectivity index (χ3n) is 4.18. The summed E-state index contributed by atoms with van der Waals surface area (Å²) in [6.45, 7) is 0.777. The summed E-state index contributed by atoms with van der Waals surface area (Å²) in [6.07, 6.45) is 0.941. The Morgan fingerprint density at radius 2 is 1.80 bits per heavy atom. The molecule has 1 saturated heterocycles. The van der Waals surface area contributed by atoms with Crippen molar-refractivity contribution in [2.24, 2.45) is 0 Å². The van der Waals surface area contributed by atoms with Crippen LogP contribution in [-0.2, 0) is 20.0 Å². The molecule has 2 aromatic carbocycles. The zero-order valence-corrected chi connectivity index (χ0v) is 14.7. The highest BCUT2D eigenvalue weighted by Crippen LogP contribution is 2.55. The van der Waals surface area contributed by atoms with Crippen LogP contribution in [0.3, 0.4) is 0 Å². The number of hydroxylamine groups is 1. The molecule has 3 rings (SSSR count). The summed E-state index contributed by atoms with van der Waals surface area (Å²) in [4.78, 5) is 11.4. The molecule has 1 aliphatic heterocycles. The van der Waals surface area contributed by atoms with E-state index < -0.39 is 13.4 Å². The second-order valence-corrected chi connectivity index (χ2v) is 8.38. The largest absolute Gasteiger partial charge is 0.317 e. The second-order valence-electron chi connectivity index (χ2n) is 5.97. The lowest BCUT2D eigenvalue weighted by Crippen LogP contribution is -2.37. The zero-order valence-electron chi connectivity index (χ0n) is 13.8. The topological polar surface area (TPSA) is 78.9 Å². The van der Waals surface area contributed by atoms with Crippen LogP contribution in [0.1, 0.15) is 12.0 Å². The van der Waals surface area contributed by atoms with E-state index in [1.807, 2.05) is 54.6 Å². The molecule has 2 aromatic rings. The van der Waals surface area contributed by atoms with Gasteiger partial charge in [-0.25, -0.2) is 10.2 Å². The average molecular weight is 360 g/mol. The first kappa shape index (κ1) is 17.8. The van der Waals surface area contributed by atoms with Crippen LogP contribution in [0.2, 0.25) is 0 Å². The molecule has 0 radical (unpaired) electrons. The van der Waals surface area contributed by atoms with Gasteiger partial charge in [0.1, 0.15) is 0 Å². The zero-order chi connectivity index (χ0) is 17.7. The number of carbonyl (C=O) groups is 1. The van der Waals surface area contributed by atoms with Crippen LogP contribution in [0.15, 0.2) is 54.6 Å². The fourth-order valence-corrected chi connectivity index (χ4v) is 5.22. The minimum atomic E-state index is -3.14. The molecule has 1 amide bonds. The molecule has 0 spiro atoms. The highest BCUT2D eigenvalue weighted by atomic mass is 31.2. The van der Waals surface area contributed by atoms with E-state index in [1.54, 1.807) is 5.48 Å². The van der Waals surface area contributed by atoms with Crippen LogP contribution in [0.4, 0.5) is 0 Å². The molecule has 1 aliphatic rings. The second kappa shape index (κ2) is 7.93. The number of nitrogens with zero attached hydrogens (tertiary/aromatic N) is 1. The number of amides is 1. The van der Waals surface area contributed by atoms with E-state index >= 15 is 0 Å². The number of carbonyl (C=O) groups excluding carboxylic acids is 1. The molecule has 2 N–H and O–H groups in total. The van der Waals surface area contributed by atoms with E-state index in [1.165, 1.54) is 4.67 Å². The van der Waals surface area contributed by atoms with E-state index in [4.69, 9.17) is 9.73 Å². The van der Waals surface area contributed by atoms with Crippen LogP contribution < -0.4 is 5.48 Å². The first-order valence-electron chi connectivity index (χ1n) is 8.17. The van der Waals surface area contributed by atoms with Gasteiger partial charge in [-0.3, -0.25) is 14.6 Å². The summed E-state index contributed by atoms with van der Waals surface area (Å²) >= 11 is 0. The van der Waals surface area contributed by atoms with Crippen molar-refractivity contribution in [3.63, 3.8) is 0 Å². The van der Waals surface area contributed by atoms with Crippen LogP contribution in [0, 0.1) is 0 Å². The average Bonchev–Trinajstić information content (AvgIpc) is 2.65. The van der Waals surface area contributed by atoms with Crippen molar-refractivity contribution in [1.29, 1.82) is 0 Å². The Morgan fingerprint density at radius 3 is 2.48 bits per heavy atom. The van der Waals surface area contributed by atoms with Gasteiger partial charge in [-0.1, -0.05) is 54.6 Å². The van der Waals surface area contributed by atoms with Crippen LogP contribution in [-0.4, -0.2) is 35.5 Å². The Labute approximate surface area is 146 Å². The SMILES string of the molecule is O=C(CN1CCCOP1(=O)Cc1ccc(-c2ccccc2)cc1)NO. The quantitative estimate of drug-likeness (QED) is 0.486. The molecule has 1 unspecified atom stereocenters. The van der Waals surface area contributed by atoms with Gasteiger partial charge in [0.2, 0.25) is 0 Å². The Kier molecular flexibility index (Phi) is 5.66. The van der Waals surface area contributed by atoms with Gasteiger partial charge < -0.3 is 4.52 Å². The van der Waals surface area contributed by atoms with Crippen molar-refractivity contribution >= 4 is 13.4 Å². The summed E-state index contributed by atoms with van der Waals surface area (Å²) < 4.78 is 20.3. The van der Waals surface area contributed by atoms with E-state index in [9.17, 15) is 9.36 Å². The molecule has 6 nitrogen and oxygen atoms in total. The van der Waals surface area contributed by atoms with E-state index in [2.05, 4.69) is 0 Å². The molecular formula is C18H21N2O4P. The summed E-state index contributed by atoms with van der Waals surface area (Å²) in [5.74, 6) is -0.592. The Bertz CT molecular complexity index is 764. The van der Waals surface area contributed by atoms with Crippen LogP contribution >= 0.6 is 7.52 Å². The van der Waals surface area contributed by atoms with Crippen molar-refractivity contribution in [2.75, 3.05) is 19.7 Å². The third-order valence-corrected chi connectivity index (χ3v) is 6.73. The van der Waals surface area contributed by atoms with Gasteiger partial charge in [0, 0.05) is 6.54 Å². The predicted molar refractivity (Wildman–Crippen MR) is 95.3 cm³/mol. The number of benzene rings is 2. The minimum absolute atomic E-state index is 0.143. The normalized spacial score (nSPS) is 21.0. The molecule has 0 bridgehead atoms. The van der Waals surface area contributed by atoms with Gasteiger partial charge in [0.05, 0.1) is 19.3 Å². The van der Waals surface area contributed by atoms with Crippen LogP contribution in [0.25, 0.3) is 11.1 Å². The molecule has 0 aromatic heterocycles. The molecule has 1 fully saturated rings. The highest BCUT2D eigenvalue weighted by Gasteiger charge is 2.36. The number of nitrogens with one attached hydrogen (secondary N) is 1. The molecule has 1 heterocycles. The third kappa shape index (κ3) is 4.35. The van der Waals surface area contributed by atoms with Gasteiger partial charge >= 0.3 is 0 Å². The summed E-state index contributed by atoms with van der Waals surface area (Å²) in [5.41, 5.74) is 4.68. The maximum atomic E-state index is 13.2. The Hall–Kier alpha value is -1.98. The molecule has 0 aliphatic carbocycles. The summed E-state index contributed by atoms with van der Waals surface area (Å²) in [5, 5.41) is 8.71. The molecule has 25 heavy (non-hydrogen) atoms. The van der Waals surface area contributed by atoms with Crippen molar-refractivity contribution in [2.45, 2.75) is 12.6 Å².